The minimum absolute atomic E-state index is 0.000227. The van der Waals surface area contributed by atoms with Gasteiger partial charge in [0.2, 0.25) is 11.7 Å². The number of ether oxygens (including phenoxy) is 1. The second kappa shape index (κ2) is 7.89. The molecule has 0 saturated carbocycles. The van der Waals surface area contributed by atoms with Gasteiger partial charge >= 0.3 is 12.3 Å². The third-order valence-electron chi connectivity index (χ3n) is 3.94. The summed E-state index contributed by atoms with van der Waals surface area (Å²) >= 11 is 0. The molecular formula is C18H18F3N5O5. The SMILES string of the molecule is CC(C)(C)OC(=O)NCc1nc(-c2cc3c([N+](=O)[O-])cccc3n2CC(F)(F)F)no1. The fourth-order valence-corrected chi connectivity index (χ4v) is 2.86. The molecule has 13 heteroatoms. The van der Waals surface area contributed by atoms with Gasteiger partial charge in [0.05, 0.1) is 21.5 Å². The van der Waals surface area contributed by atoms with Crippen LogP contribution in [-0.2, 0) is 17.8 Å². The molecule has 1 amide bonds. The fraction of sp³-hybridized carbons (Fsp3) is 0.389. The number of rotatable bonds is 5. The lowest BCUT2D eigenvalue weighted by molar-refractivity contribution is -0.383. The van der Waals surface area contributed by atoms with Crippen LogP contribution in [0.15, 0.2) is 28.8 Å². The maximum atomic E-state index is 13.2. The molecule has 3 aromatic rings. The summed E-state index contributed by atoms with van der Waals surface area (Å²) in [5, 5.41) is 17.3. The molecule has 1 aromatic carbocycles. The van der Waals surface area contributed by atoms with Gasteiger partial charge in [-0.25, -0.2) is 4.79 Å². The van der Waals surface area contributed by atoms with Crippen LogP contribution in [0.4, 0.5) is 23.7 Å². The van der Waals surface area contributed by atoms with Gasteiger partial charge in [0.15, 0.2) is 0 Å². The number of carbonyl (C=O) groups is 1. The molecule has 0 fully saturated rings. The lowest BCUT2D eigenvalue weighted by Gasteiger charge is -2.19. The van der Waals surface area contributed by atoms with Crippen molar-refractivity contribution in [2.75, 3.05) is 0 Å². The summed E-state index contributed by atoms with van der Waals surface area (Å²) in [7, 11) is 0. The predicted octanol–water partition coefficient (Wildman–Crippen LogP) is 4.19. The summed E-state index contributed by atoms with van der Waals surface area (Å²) in [5.41, 5.74) is -1.19. The Balaban J connectivity index is 1.95. The van der Waals surface area contributed by atoms with Gasteiger partial charge in [0, 0.05) is 6.07 Å². The zero-order valence-electron chi connectivity index (χ0n) is 16.7. The van der Waals surface area contributed by atoms with Gasteiger partial charge < -0.3 is 19.1 Å². The predicted molar refractivity (Wildman–Crippen MR) is 101 cm³/mol. The second-order valence-corrected chi connectivity index (χ2v) is 7.57. The Kier molecular flexibility index (Phi) is 5.61. The van der Waals surface area contributed by atoms with Gasteiger partial charge in [-0.3, -0.25) is 10.1 Å². The van der Waals surface area contributed by atoms with Gasteiger partial charge in [0.25, 0.3) is 5.69 Å². The normalized spacial score (nSPS) is 12.2. The lowest BCUT2D eigenvalue weighted by atomic mass is 10.2. The summed E-state index contributed by atoms with van der Waals surface area (Å²) in [5.74, 6) is -0.296. The number of halogens is 3. The van der Waals surface area contributed by atoms with Crippen LogP contribution in [0.3, 0.4) is 0 Å². The third-order valence-corrected chi connectivity index (χ3v) is 3.94. The van der Waals surface area contributed by atoms with Crippen molar-refractivity contribution in [3.63, 3.8) is 0 Å². The second-order valence-electron chi connectivity index (χ2n) is 7.57. The maximum absolute atomic E-state index is 13.2. The van der Waals surface area contributed by atoms with Gasteiger partial charge in [-0.15, -0.1) is 0 Å². The summed E-state index contributed by atoms with van der Waals surface area (Å²) < 4.78 is 50.4. The largest absolute Gasteiger partial charge is 0.444 e. The standard InChI is InChI=1S/C18H18F3N5O5/c1-17(2,3)30-16(27)22-8-14-23-15(24-31-14)13-7-10-11(25(13)9-18(19,20)21)5-4-6-12(10)26(28)29/h4-7H,8-9H2,1-3H3,(H,22,27). The number of hydrogen-bond acceptors (Lipinski definition) is 7. The molecule has 31 heavy (non-hydrogen) atoms. The zero-order chi connectivity index (χ0) is 23.0. The Morgan fingerprint density at radius 1 is 1.32 bits per heavy atom. The Morgan fingerprint density at radius 2 is 2.03 bits per heavy atom. The number of carbonyl (C=O) groups excluding carboxylic acids is 1. The number of hydrogen-bond donors (Lipinski definition) is 1. The number of nitrogens with zero attached hydrogens (tertiary/aromatic N) is 4. The van der Waals surface area contributed by atoms with Crippen LogP contribution in [0.2, 0.25) is 0 Å². The Morgan fingerprint density at radius 3 is 2.65 bits per heavy atom. The number of nitro benzene ring substituents is 1. The molecule has 2 aromatic heterocycles. The zero-order valence-corrected chi connectivity index (χ0v) is 16.7. The van der Waals surface area contributed by atoms with Crippen LogP contribution in [-0.4, -0.2) is 37.5 Å². The van der Waals surface area contributed by atoms with Gasteiger partial charge in [-0.05, 0) is 32.9 Å². The summed E-state index contributed by atoms with van der Waals surface area (Å²) in [4.78, 5) is 26.3. The highest BCUT2D eigenvalue weighted by molar-refractivity contribution is 5.93. The fourth-order valence-electron chi connectivity index (χ4n) is 2.86. The molecule has 0 radical (unpaired) electrons. The molecule has 0 aliphatic carbocycles. The molecule has 3 rings (SSSR count). The van der Waals surface area contributed by atoms with E-state index in [0.29, 0.717) is 0 Å². The molecule has 0 aliphatic heterocycles. The average Bonchev–Trinajstić information content (AvgIpc) is 3.22. The first-order valence-corrected chi connectivity index (χ1v) is 8.97. The van der Waals surface area contributed by atoms with Crippen LogP contribution < -0.4 is 5.32 Å². The Hall–Kier alpha value is -3.64. The number of nitrogens with one attached hydrogen (secondary N) is 1. The van der Waals surface area contributed by atoms with E-state index in [4.69, 9.17) is 9.26 Å². The van der Waals surface area contributed by atoms with Crippen LogP contribution in [0.5, 0.6) is 0 Å². The highest BCUT2D eigenvalue weighted by Gasteiger charge is 2.32. The van der Waals surface area contributed by atoms with Crippen molar-refractivity contribution in [1.82, 2.24) is 20.0 Å². The van der Waals surface area contributed by atoms with E-state index in [0.717, 1.165) is 4.57 Å². The van der Waals surface area contributed by atoms with E-state index in [-0.39, 0.29) is 40.5 Å². The Bertz CT molecular complexity index is 1130. The molecule has 2 heterocycles. The van der Waals surface area contributed by atoms with E-state index in [9.17, 15) is 28.1 Å². The van der Waals surface area contributed by atoms with Crippen molar-refractivity contribution in [2.45, 2.75) is 45.6 Å². The minimum Gasteiger partial charge on any atom is -0.444 e. The molecule has 10 nitrogen and oxygen atoms in total. The number of aromatic nitrogens is 3. The molecular weight excluding hydrogens is 423 g/mol. The first kappa shape index (κ1) is 22.1. The molecule has 166 valence electrons. The number of nitro groups is 1. The van der Waals surface area contributed by atoms with Gasteiger partial charge in [0.1, 0.15) is 18.7 Å². The molecule has 0 aliphatic rings. The molecule has 0 bridgehead atoms. The van der Waals surface area contributed by atoms with Crippen LogP contribution in [0.25, 0.3) is 22.4 Å². The van der Waals surface area contributed by atoms with Gasteiger partial charge in [-0.1, -0.05) is 11.2 Å². The number of fused-ring (bicyclic) bond motifs is 1. The lowest BCUT2D eigenvalue weighted by Crippen LogP contribution is -2.32. The highest BCUT2D eigenvalue weighted by Crippen LogP contribution is 2.34. The molecule has 0 atom stereocenters. The monoisotopic (exact) mass is 441 g/mol. The first-order valence-electron chi connectivity index (χ1n) is 8.97. The third kappa shape index (κ3) is 5.29. The topological polar surface area (TPSA) is 125 Å². The van der Waals surface area contributed by atoms with Crippen molar-refractivity contribution in [2.24, 2.45) is 0 Å². The molecule has 1 N–H and O–H groups in total. The van der Waals surface area contributed by atoms with Crippen molar-refractivity contribution in [3.8, 4) is 11.5 Å². The van der Waals surface area contributed by atoms with Crippen LogP contribution >= 0.6 is 0 Å². The van der Waals surface area contributed by atoms with Crippen molar-refractivity contribution >= 4 is 22.7 Å². The summed E-state index contributed by atoms with van der Waals surface area (Å²) in [6.07, 6.45) is -5.34. The number of alkyl carbamates (subject to hydrolysis) is 1. The smallest absolute Gasteiger partial charge is 0.408 e. The maximum Gasteiger partial charge on any atom is 0.408 e. The van der Waals surface area contributed by atoms with Crippen LogP contribution in [0.1, 0.15) is 26.7 Å². The number of alkyl halides is 3. The number of amides is 1. The van der Waals surface area contributed by atoms with Crippen LogP contribution in [0, 0.1) is 10.1 Å². The van der Waals surface area contributed by atoms with Crippen molar-refractivity contribution in [1.29, 1.82) is 0 Å². The summed E-state index contributed by atoms with van der Waals surface area (Å²) in [6.45, 7) is 3.40. The summed E-state index contributed by atoms with van der Waals surface area (Å²) in [6, 6.07) is 5.03. The quantitative estimate of drug-likeness (QED) is 0.465. The molecule has 0 unspecified atom stereocenters. The van der Waals surface area contributed by atoms with E-state index in [2.05, 4.69) is 15.5 Å². The highest BCUT2D eigenvalue weighted by atomic mass is 19.4. The molecule has 0 spiro atoms. The average molecular weight is 441 g/mol. The van der Waals surface area contributed by atoms with Crippen molar-refractivity contribution in [3.05, 3.63) is 40.3 Å². The number of benzene rings is 1. The van der Waals surface area contributed by atoms with E-state index < -0.39 is 29.3 Å². The van der Waals surface area contributed by atoms with Crippen molar-refractivity contribution < 1.29 is 32.1 Å². The minimum atomic E-state index is -4.60. The van der Waals surface area contributed by atoms with E-state index in [1.807, 2.05) is 0 Å². The molecule has 0 saturated heterocycles. The first-order chi connectivity index (χ1) is 14.3. The van der Waals surface area contributed by atoms with E-state index >= 15 is 0 Å². The Labute approximate surface area is 173 Å². The number of non-ortho nitro benzene ring substituents is 1. The van der Waals surface area contributed by atoms with E-state index in [1.165, 1.54) is 24.3 Å². The van der Waals surface area contributed by atoms with E-state index in [1.54, 1.807) is 20.8 Å². The van der Waals surface area contributed by atoms with Gasteiger partial charge in [-0.2, -0.15) is 18.2 Å².